The highest BCUT2D eigenvalue weighted by Gasteiger charge is 2.20. The first kappa shape index (κ1) is 17.7. The van der Waals surface area contributed by atoms with Crippen LogP contribution < -0.4 is 0 Å². The van der Waals surface area contributed by atoms with Crippen molar-refractivity contribution in [2.75, 3.05) is 0 Å². The van der Waals surface area contributed by atoms with E-state index in [4.69, 9.17) is 4.42 Å². The molecule has 0 saturated carbocycles. The van der Waals surface area contributed by atoms with Gasteiger partial charge in [-0.15, -0.1) is 0 Å². The number of unbranched alkanes of at least 4 members (excludes halogenated alkanes) is 1. The second-order valence-corrected chi connectivity index (χ2v) is 6.91. The Hall–Kier alpha value is -2.15. The topological polar surface area (TPSA) is 56.3 Å². The molecule has 0 amide bonds. The van der Waals surface area contributed by atoms with Crippen LogP contribution in [0.2, 0.25) is 0 Å². The summed E-state index contributed by atoms with van der Waals surface area (Å²) in [5, 5.41) is 10.9. The highest BCUT2D eigenvalue weighted by atomic mass is 127. The lowest BCUT2D eigenvalue weighted by atomic mass is 10.0. The van der Waals surface area contributed by atoms with Crippen molar-refractivity contribution in [2.24, 2.45) is 0 Å². The van der Waals surface area contributed by atoms with E-state index < -0.39 is 0 Å². The number of rotatable bonds is 6. The molecule has 0 spiro atoms. The summed E-state index contributed by atoms with van der Waals surface area (Å²) in [7, 11) is 0. The van der Waals surface area contributed by atoms with E-state index in [1.165, 1.54) is 17.7 Å². The molecule has 1 heterocycles. The van der Waals surface area contributed by atoms with Crippen LogP contribution in [0.15, 0.2) is 59.0 Å². The fraction of sp³-hybridized carbons (Fsp3) is 0.200. The largest absolute Gasteiger partial charge is 0.455 e. The van der Waals surface area contributed by atoms with E-state index in [9.17, 15) is 10.1 Å². The van der Waals surface area contributed by atoms with Gasteiger partial charge in [0.25, 0.3) is 5.69 Å². The molecule has 0 N–H and O–H groups in total. The molecule has 3 aromatic rings. The monoisotopic (exact) mass is 447 g/mol. The lowest BCUT2D eigenvalue weighted by Crippen LogP contribution is -1.90. The minimum atomic E-state index is -0.386. The van der Waals surface area contributed by atoms with Crippen LogP contribution in [0, 0.1) is 13.7 Å². The van der Waals surface area contributed by atoms with Gasteiger partial charge in [0, 0.05) is 28.8 Å². The molecule has 0 bridgehead atoms. The van der Waals surface area contributed by atoms with E-state index >= 15 is 0 Å². The fourth-order valence-electron chi connectivity index (χ4n) is 2.76. The van der Waals surface area contributed by atoms with Gasteiger partial charge in [-0.3, -0.25) is 10.1 Å². The average molecular weight is 447 g/mol. The molecule has 3 rings (SSSR count). The van der Waals surface area contributed by atoms with Gasteiger partial charge in [-0.05, 0) is 47.6 Å². The third kappa shape index (κ3) is 3.76. The number of furan rings is 1. The van der Waals surface area contributed by atoms with Gasteiger partial charge in [0.05, 0.1) is 8.49 Å². The zero-order chi connectivity index (χ0) is 17.8. The third-order valence-corrected chi connectivity index (χ3v) is 5.24. The van der Waals surface area contributed by atoms with Gasteiger partial charge in [0.15, 0.2) is 0 Å². The van der Waals surface area contributed by atoms with Crippen molar-refractivity contribution in [1.82, 2.24) is 0 Å². The third-order valence-electron chi connectivity index (χ3n) is 4.10. The summed E-state index contributed by atoms with van der Waals surface area (Å²) in [6.45, 7) is 2.16. The van der Waals surface area contributed by atoms with Crippen molar-refractivity contribution >= 4 is 28.3 Å². The first-order valence-corrected chi connectivity index (χ1v) is 9.31. The number of benzene rings is 2. The number of hydrogen-bond donors (Lipinski definition) is 0. The van der Waals surface area contributed by atoms with Crippen LogP contribution >= 0.6 is 22.6 Å². The second-order valence-electron chi connectivity index (χ2n) is 5.83. The molecule has 0 unspecified atom stereocenters. The number of halogens is 1. The first-order chi connectivity index (χ1) is 12.1. The number of nitrogens with zero attached hydrogens (tertiary/aromatic N) is 1. The number of non-ortho nitro benzene ring substituents is 1. The smallest absolute Gasteiger partial charge is 0.269 e. The zero-order valence-corrected chi connectivity index (χ0v) is 16.0. The highest BCUT2D eigenvalue weighted by Crippen LogP contribution is 2.39. The van der Waals surface area contributed by atoms with Crippen molar-refractivity contribution in [2.45, 2.75) is 26.2 Å². The maximum absolute atomic E-state index is 10.9. The van der Waals surface area contributed by atoms with Crippen molar-refractivity contribution in [3.63, 3.8) is 0 Å². The summed E-state index contributed by atoms with van der Waals surface area (Å²) < 4.78 is 7.35. The molecule has 1 aromatic heterocycles. The summed E-state index contributed by atoms with van der Waals surface area (Å²) in [5.41, 5.74) is 3.17. The van der Waals surface area contributed by atoms with Crippen LogP contribution in [-0.2, 0) is 6.42 Å². The maximum atomic E-state index is 10.9. The van der Waals surface area contributed by atoms with Crippen LogP contribution in [0.4, 0.5) is 5.69 Å². The molecule has 0 aliphatic carbocycles. The van der Waals surface area contributed by atoms with Crippen molar-refractivity contribution in [3.8, 4) is 22.6 Å². The molecular formula is C20H18INO3. The van der Waals surface area contributed by atoms with Crippen LogP contribution in [-0.4, -0.2) is 4.92 Å². The van der Waals surface area contributed by atoms with Gasteiger partial charge in [-0.25, -0.2) is 0 Å². The summed E-state index contributed by atoms with van der Waals surface area (Å²) in [6.07, 6.45) is 3.10. The second kappa shape index (κ2) is 7.82. The molecule has 0 aliphatic heterocycles. The van der Waals surface area contributed by atoms with Crippen molar-refractivity contribution < 1.29 is 9.34 Å². The van der Waals surface area contributed by atoms with Crippen LogP contribution in [0.25, 0.3) is 22.6 Å². The number of hydrogen-bond acceptors (Lipinski definition) is 3. The van der Waals surface area contributed by atoms with E-state index in [0.717, 1.165) is 45.5 Å². The fourth-order valence-corrected chi connectivity index (χ4v) is 3.70. The molecule has 25 heavy (non-hydrogen) atoms. The predicted octanol–water partition coefficient (Wildman–Crippen LogP) is 6.47. The normalized spacial score (nSPS) is 10.8. The van der Waals surface area contributed by atoms with Crippen molar-refractivity contribution in [1.29, 1.82) is 0 Å². The molecule has 0 aliphatic rings. The van der Waals surface area contributed by atoms with E-state index in [2.05, 4.69) is 29.5 Å². The zero-order valence-electron chi connectivity index (χ0n) is 13.9. The Balaban J connectivity index is 2.09. The number of nitro benzene ring substituents is 1. The Kier molecular flexibility index (Phi) is 5.53. The highest BCUT2D eigenvalue weighted by molar-refractivity contribution is 14.1. The van der Waals surface area contributed by atoms with Gasteiger partial charge < -0.3 is 4.42 Å². The number of nitro groups is 1. The van der Waals surface area contributed by atoms with Gasteiger partial charge in [0.2, 0.25) is 0 Å². The van der Waals surface area contributed by atoms with Gasteiger partial charge in [-0.1, -0.05) is 43.7 Å². The first-order valence-electron chi connectivity index (χ1n) is 8.23. The standard InChI is InChI=1S/C20H18INO3/c1-2-3-9-17-18(21)20(14-7-5-4-6-8-14)25-19(17)15-10-12-16(13-11-15)22(23)24/h4-8,10-13H,2-3,9H2,1H3. The van der Waals surface area contributed by atoms with Crippen molar-refractivity contribution in [3.05, 3.63) is 73.8 Å². The predicted molar refractivity (Wildman–Crippen MR) is 108 cm³/mol. The molecule has 5 heteroatoms. The summed E-state index contributed by atoms with van der Waals surface area (Å²) in [4.78, 5) is 10.5. The van der Waals surface area contributed by atoms with E-state index in [0.29, 0.717) is 0 Å². The molecule has 0 saturated heterocycles. The quantitative estimate of drug-likeness (QED) is 0.247. The van der Waals surface area contributed by atoms with Gasteiger partial charge in [-0.2, -0.15) is 0 Å². The Labute approximate surface area is 160 Å². The molecule has 0 atom stereocenters. The molecule has 128 valence electrons. The maximum Gasteiger partial charge on any atom is 0.269 e. The lowest BCUT2D eigenvalue weighted by Gasteiger charge is -2.03. The summed E-state index contributed by atoms with van der Waals surface area (Å²) in [5.74, 6) is 1.67. The molecule has 2 aromatic carbocycles. The minimum absolute atomic E-state index is 0.0865. The van der Waals surface area contributed by atoms with E-state index in [-0.39, 0.29) is 10.6 Å². The molecule has 0 radical (unpaired) electrons. The lowest BCUT2D eigenvalue weighted by molar-refractivity contribution is -0.384. The summed E-state index contributed by atoms with van der Waals surface area (Å²) >= 11 is 2.35. The Bertz CT molecular complexity index is 870. The minimum Gasteiger partial charge on any atom is -0.455 e. The molecular weight excluding hydrogens is 429 g/mol. The SMILES string of the molecule is CCCCc1c(-c2ccc([N+](=O)[O-])cc2)oc(-c2ccccc2)c1I. The van der Waals surface area contributed by atoms with Crippen LogP contribution in [0.5, 0.6) is 0 Å². The Morgan fingerprint density at radius 3 is 2.24 bits per heavy atom. The van der Waals surface area contributed by atoms with E-state index in [1.807, 2.05) is 30.3 Å². The summed E-state index contributed by atoms with van der Waals surface area (Å²) in [6, 6.07) is 16.6. The van der Waals surface area contributed by atoms with Crippen LogP contribution in [0.3, 0.4) is 0 Å². The van der Waals surface area contributed by atoms with E-state index in [1.54, 1.807) is 12.1 Å². The molecule has 4 nitrogen and oxygen atoms in total. The van der Waals surface area contributed by atoms with Gasteiger partial charge in [0.1, 0.15) is 11.5 Å². The Morgan fingerprint density at radius 1 is 1.00 bits per heavy atom. The van der Waals surface area contributed by atoms with Crippen LogP contribution in [0.1, 0.15) is 25.3 Å². The van der Waals surface area contributed by atoms with Gasteiger partial charge >= 0.3 is 0 Å². The Morgan fingerprint density at radius 2 is 1.64 bits per heavy atom. The molecule has 0 fully saturated rings. The average Bonchev–Trinajstić information content (AvgIpc) is 2.97.